The number of aliphatic hydroxyl groups excluding tert-OH is 1. The first-order chi connectivity index (χ1) is 12.1. The summed E-state index contributed by atoms with van der Waals surface area (Å²) in [4.78, 5) is 14.6. The number of aliphatic hydroxyl groups is 1. The van der Waals surface area contributed by atoms with Gasteiger partial charge in [0.25, 0.3) is 5.91 Å². The molecule has 1 aliphatic rings. The van der Waals surface area contributed by atoms with Gasteiger partial charge in [0.15, 0.2) is 11.6 Å². The summed E-state index contributed by atoms with van der Waals surface area (Å²) < 4.78 is 34.2. The van der Waals surface area contributed by atoms with Crippen molar-refractivity contribution < 1.29 is 23.4 Å². The highest BCUT2D eigenvalue weighted by atomic mass is 19.2. The molecule has 3 rings (SSSR count). The van der Waals surface area contributed by atoms with Gasteiger partial charge in [-0.1, -0.05) is 0 Å². The molecular formula is C17H21F2N3O3. The van der Waals surface area contributed by atoms with Gasteiger partial charge in [-0.15, -0.1) is 0 Å². The number of carbonyl (C=O) groups is 1. The van der Waals surface area contributed by atoms with Crippen LogP contribution in [-0.4, -0.2) is 66.5 Å². The van der Waals surface area contributed by atoms with Gasteiger partial charge in [-0.05, 0) is 12.1 Å². The lowest BCUT2D eigenvalue weighted by molar-refractivity contribution is 0.0711. The Balaban J connectivity index is 1.95. The van der Waals surface area contributed by atoms with Crippen molar-refractivity contribution in [3.63, 3.8) is 0 Å². The second-order valence-electron chi connectivity index (χ2n) is 5.88. The minimum atomic E-state index is -0.954. The fourth-order valence-corrected chi connectivity index (χ4v) is 3.03. The van der Waals surface area contributed by atoms with Gasteiger partial charge in [-0.3, -0.25) is 4.79 Å². The van der Waals surface area contributed by atoms with E-state index in [2.05, 4.69) is 5.32 Å². The van der Waals surface area contributed by atoms with Crippen LogP contribution in [-0.2, 0) is 11.3 Å². The summed E-state index contributed by atoms with van der Waals surface area (Å²) in [5.74, 6) is -2.06. The minimum Gasteiger partial charge on any atom is -0.394 e. The van der Waals surface area contributed by atoms with E-state index in [4.69, 9.17) is 9.84 Å². The first kappa shape index (κ1) is 17.8. The van der Waals surface area contributed by atoms with Crippen molar-refractivity contribution in [2.24, 2.45) is 0 Å². The maximum absolute atomic E-state index is 13.7. The van der Waals surface area contributed by atoms with Crippen LogP contribution >= 0.6 is 0 Å². The average Bonchev–Trinajstić information content (AvgIpc) is 2.97. The van der Waals surface area contributed by atoms with E-state index in [1.165, 1.54) is 0 Å². The number of benzene rings is 1. The van der Waals surface area contributed by atoms with Gasteiger partial charge in [-0.25, -0.2) is 8.78 Å². The molecule has 1 aromatic carbocycles. The number of rotatable bonds is 6. The monoisotopic (exact) mass is 353 g/mol. The topological polar surface area (TPSA) is 66.7 Å². The minimum absolute atomic E-state index is 0.0984. The predicted molar refractivity (Wildman–Crippen MR) is 88.5 cm³/mol. The maximum Gasteiger partial charge on any atom is 0.270 e. The van der Waals surface area contributed by atoms with Crippen molar-refractivity contribution in [1.82, 2.24) is 14.8 Å². The highest BCUT2D eigenvalue weighted by molar-refractivity contribution is 5.99. The van der Waals surface area contributed by atoms with Crippen LogP contribution in [0.15, 0.2) is 18.2 Å². The Morgan fingerprint density at radius 1 is 1.16 bits per heavy atom. The molecule has 0 saturated carbocycles. The summed E-state index contributed by atoms with van der Waals surface area (Å²) in [6.07, 6.45) is 0. The zero-order valence-electron chi connectivity index (χ0n) is 13.8. The fraction of sp³-hybridized carbons (Fsp3) is 0.471. The molecule has 6 nitrogen and oxygen atoms in total. The molecule has 1 amide bonds. The van der Waals surface area contributed by atoms with Crippen molar-refractivity contribution in [1.29, 1.82) is 0 Å². The highest BCUT2D eigenvalue weighted by Crippen LogP contribution is 2.24. The molecule has 1 aliphatic heterocycles. The number of hydrogen-bond acceptors (Lipinski definition) is 4. The van der Waals surface area contributed by atoms with E-state index in [-0.39, 0.29) is 25.7 Å². The molecule has 0 unspecified atom stereocenters. The van der Waals surface area contributed by atoms with E-state index in [1.54, 1.807) is 15.5 Å². The number of ether oxygens (including phenoxy) is 1. The number of piperazine rings is 1. The van der Waals surface area contributed by atoms with Crippen LogP contribution in [0.2, 0.25) is 0 Å². The molecule has 2 heterocycles. The number of hydrogen-bond donors (Lipinski definition) is 2. The van der Waals surface area contributed by atoms with Gasteiger partial charge >= 0.3 is 0 Å². The Hall–Kier alpha value is -2.03. The van der Waals surface area contributed by atoms with Crippen LogP contribution < -0.4 is 5.32 Å². The van der Waals surface area contributed by atoms with Crippen molar-refractivity contribution in [2.45, 2.75) is 6.54 Å². The quantitative estimate of drug-likeness (QED) is 0.760. The lowest BCUT2D eigenvalue weighted by Crippen LogP contribution is -2.46. The fourth-order valence-electron chi connectivity index (χ4n) is 3.03. The lowest BCUT2D eigenvalue weighted by Gasteiger charge is -2.27. The number of nitrogens with zero attached hydrogens (tertiary/aromatic N) is 2. The number of amides is 1. The zero-order valence-corrected chi connectivity index (χ0v) is 13.8. The van der Waals surface area contributed by atoms with E-state index >= 15 is 0 Å². The normalized spacial score (nSPS) is 15.1. The second-order valence-corrected chi connectivity index (χ2v) is 5.88. The number of aromatic nitrogens is 1. The maximum atomic E-state index is 13.7. The van der Waals surface area contributed by atoms with E-state index in [0.717, 1.165) is 25.2 Å². The van der Waals surface area contributed by atoms with Crippen molar-refractivity contribution in [3.8, 4) is 0 Å². The summed E-state index contributed by atoms with van der Waals surface area (Å²) in [5.41, 5.74) is 0.833. The van der Waals surface area contributed by atoms with Gasteiger partial charge in [0.05, 0.1) is 25.3 Å². The van der Waals surface area contributed by atoms with Crippen LogP contribution in [0.1, 0.15) is 10.5 Å². The van der Waals surface area contributed by atoms with E-state index in [1.807, 2.05) is 0 Å². The standard InChI is InChI=1S/C17H21F2N3O3/c18-13-9-12-10-16(17(24)21-3-1-20-2-4-21)22(5-7-25-8-6-23)15(12)11-14(13)19/h9-11,20,23H,1-8H2. The number of carbonyl (C=O) groups excluding carboxylic acids is 1. The van der Waals surface area contributed by atoms with E-state index in [9.17, 15) is 13.6 Å². The molecule has 25 heavy (non-hydrogen) atoms. The smallest absolute Gasteiger partial charge is 0.270 e. The number of halogens is 2. The summed E-state index contributed by atoms with van der Waals surface area (Å²) in [5, 5.41) is 12.4. The first-order valence-electron chi connectivity index (χ1n) is 8.28. The second kappa shape index (κ2) is 7.90. The molecule has 2 aromatic rings. The first-order valence-corrected chi connectivity index (χ1v) is 8.28. The van der Waals surface area contributed by atoms with Crippen LogP contribution in [0.3, 0.4) is 0 Å². The van der Waals surface area contributed by atoms with Crippen molar-refractivity contribution in [2.75, 3.05) is 46.0 Å². The molecule has 0 spiro atoms. The molecule has 2 N–H and O–H groups in total. The lowest BCUT2D eigenvalue weighted by atomic mass is 10.2. The summed E-state index contributed by atoms with van der Waals surface area (Å²) >= 11 is 0. The molecule has 0 radical (unpaired) electrons. The number of nitrogens with one attached hydrogen (secondary N) is 1. The van der Waals surface area contributed by atoms with Crippen LogP contribution in [0, 0.1) is 11.6 Å². The summed E-state index contributed by atoms with van der Waals surface area (Å²) in [7, 11) is 0. The molecule has 1 aromatic heterocycles. The van der Waals surface area contributed by atoms with Gasteiger partial charge in [-0.2, -0.15) is 0 Å². The Kier molecular flexibility index (Phi) is 5.62. The zero-order chi connectivity index (χ0) is 17.8. The number of fused-ring (bicyclic) bond motifs is 1. The highest BCUT2D eigenvalue weighted by Gasteiger charge is 2.23. The Labute approximate surface area is 144 Å². The van der Waals surface area contributed by atoms with Crippen LogP contribution in [0.25, 0.3) is 10.9 Å². The third-order valence-electron chi connectivity index (χ3n) is 4.26. The molecule has 0 aliphatic carbocycles. The summed E-state index contributed by atoms with van der Waals surface area (Å²) in [6, 6.07) is 3.80. The van der Waals surface area contributed by atoms with Gasteiger partial charge in [0.2, 0.25) is 0 Å². The molecule has 8 heteroatoms. The molecule has 136 valence electrons. The van der Waals surface area contributed by atoms with Gasteiger partial charge < -0.3 is 24.6 Å². The third-order valence-corrected chi connectivity index (χ3v) is 4.26. The van der Waals surface area contributed by atoms with Crippen molar-refractivity contribution >= 4 is 16.8 Å². The Bertz CT molecular complexity index is 757. The van der Waals surface area contributed by atoms with Crippen LogP contribution in [0.5, 0.6) is 0 Å². The van der Waals surface area contributed by atoms with Crippen molar-refractivity contribution in [3.05, 3.63) is 35.5 Å². The predicted octanol–water partition coefficient (Wildman–Crippen LogP) is 0.974. The Morgan fingerprint density at radius 3 is 2.60 bits per heavy atom. The third kappa shape index (κ3) is 3.81. The molecule has 0 atom stereocenters. The molecular weight excluding hydrogens is 332 g/mol. The Morgan fingerprint density at radius 2 is 1.88 bits per heavy atom. The SMILES string of the molecule is O=C(c1cc2cc(F)c(F)cc2n1CCOCCO)N1CCNCC1. The average molecular weight is 353 g/mol. The molecule has 1 fully saturated rings. The van der Waals surface area contributed by atoms with E-state index in [0.29, 0.717) is 36.2 Å². The largest absolute Gasteiger partial charge is 0.394 e. The summed E-state index contributed by atoms with van der Waals surface area (Å²) in [6.45, 7) is 3.26. The molecule has 0 bridgehead atoms. The van der Waals surface area contributed by atoms with Crippen LogP contribution in [0.4, 0.5) is 8.78 Å². The van der Waals surface area contributed by atoms with Gasteiger partial charge in [0, 0.05) is 44.2 Å². The van der Waals surface area contributed by atoms with E-state index < -0.39 is 11.6 Å². The van der Waals surface area contributed by atoms with Gasteiger partial charge in [0.1, 0.15) is 5.69 Å². The molecule has 1 saturated heterocycles.